The van der Waals surface area contributed by atoms with E-state index >= 15 is 4.39 Å². The molecule has 2 aliphatic carbocycles. The monoisotopic (exact) mass is 553 g/mol. The van der Waals surface area contributed by atoms with E-state index in [1.807, 2.05) is 0 Å². The predicted molar refractivity (Wildman–Crippen MR) is 144 cm³/mol. The molecule has 2 atom stereocenters. The maximum Gasteiger partial charge on any atom is 0.234 e. The molecule has 8 nitrogen and oxygen atoms in total. The van der Waals surface area contributed by atoms with Gasteiger partial charge in [0.15, 0.2) is 17.5 Å². The summed E-state index contributed by atoms with van der Waals surface area (Å²) in [5.74, 6) is -5.35. The number of oxime groups is 1. The predicted octanol–water partition coefficient (Wildman–Crippen LogP) is 5.54. The van der Waals surface area contributed by atoms with E-state index < -0.39 is 40.6 Å². The fourth-order valence-electron chi connectivity index (χ4n) is 5.67. The molecule has 5 N–H and O–H groups in total. The topological polar surface area (TPSA) is 134 Å². The number of ether oxygens (including phenoxy) is 1. The number of hydrogen-bond acceptors (Lipinski definition) is 7. The minimum absolute atomic E-state index is 0.0182. The summed E-state index contributed by atoms with van der Waals surface area (Å²) in [7, 11) is 0. The Labute approximate surface area is 229 Å². The second-order valence-electron chi connectivity index (χ2n) is 10.9. The summed E-state index contributed by atoms with van der Waals surface area (Å²) in [5.41, 5.74) is 6.38. The van der Waals surface area contributed by atoms with Crippen molar-refractivity contribution >= 4 is 28.6 Å². The molecular weight excluding hydrogens is 523 g/mol. The molecule has 2 aromatic rings. The molecule has 1 aromatic carbocycles. The molecule has 2 saturated carbocycles. The van der Waals surface area contributed by atoms with Gasteiger partial charge in [-0.25, -0.2) is 13.2 Å². The molecule has 210 valence electrons. The largest absolute Gasteiger partial charge is 0.493 e. The van der Waals surface area contributed by atoms with Crippen LogP contribution in [0.2, 0.25) is 0 Å². The van der Waals surface area contributed by atoms with Gasteiger partial charge in [0.25, 0.3) is 0 Å². The zero-order chi connectivity index (χ0) is 28.9. The van der Waals surface area contributed by atoms with Gasteiger partial charge in [0.2, 0.25) is 5.91 Å². The Hall–Kier alpha value is -4.15. The van der Waals surface area contributed by atoms with E-state index in [4.69, 9.17) is 15.9 Å². The molecular formula is C29H30F3N5O3. The standard InChI is InChI=1S/C29H30F3N5O3/c1-13(16-4-5-16)26(37-39)24(25-18-9-19(30)20(31)10-22(18)40-12-29(25)6-7-29)28(38)36-17-8-21(32)27(35-11-17)23(14(2)33)15(3)34/h8-11,16,24-25,33,39H,1,4-7,12,34H2,2-3H3,(H,36,38)/b23-15?,33-14?,37-26+. The highest BCUT2D eigenvalue weighted by atomic mass is 19.2. The number of nitrogens with two attached hydrogens (primary N) is 1. The maximum atomic E-state index is 15.1. The SMILES string of the molecule is C=C(/C(=N\O)C(C(=O)Nc1cnc(C(C(C)=N)=C(C)N)c(F)c1)C1c2cc(F)c(F)cc2OCC12CC2)C1CC1. The fourth-order valence-corrected chi connectivity index (χ4v) is 5.67. The number of halogens is 3. The van der Waals surface area contributed by atoms with Crippen LogP contribution in [0, 0.1) is 40.1 Å². The molecule has 5 rings (SSSR count). The first-order valence-electron chi connectivity index (χ1n) is 13.0. The highest BCUT2D eigenvalue weighted by Crippen LogP contribution is 2.63. The number of carbonyl (C=O) groups is 1. The highest BCUT2D eigenvalue weighted by Gasteiger charge is 2.59. The van der Waals surface area contributed by atoms with Gasteiger partial charge >= 0.3 is 0 Å². The average molecular weight is 554 g/mol. The van der Waals surface area contributed by atoms with Gasteiger partial charge in [0, 0.05) is 46.0 Å². The van der Waals surface area contributed by atoms with Gasteiger partial charge in [-0.2, -0.15) is 0 Å². The van der Waals surface area contributed by atoms with E-state index in [9.17, 15) is 18.8 Å². The number of rotatable bonds is 8. The maximum absolute atomic E-state index is 15.1. The van der Waals surface area contributed by atoms with Crippen LogP contribution in [0.3, 0.4) is 0 Å². The van der Waals surface area contributed by atoms with E-state index in [-0.39, 0.29) is 52.3 Å². The van der Waals surface area contributed by atoms with Gasteiger partial charge in [0.1, 0.15) is 11.4 Å². The van der Waals surface area contributed by atoms with Crippen molar-refractivity contribution in [2.75, 3.05) is 11.9 Å². The van der Waals surface area contributed by atoms with Crippen LogP contribution < -0.4 is 15.8 Å². The zero-order valence-corrected chi connectivity index (χ0v) is 22.2. The quantitative estimate of drug-likeness (QED) is 0.194. The number of allylic oxidation sites excluding steroid dienone is 3. The molecule has 2 heterocycles. The van der Waals surface area contributed by atoms with Gasteiger partial charge in [-0.05, 0) is 57.1 Å². The second kappa shape index (κ2) is 10.1. The van der Waals surface area contributed by atoms with E-state index in [1.165, 1.54) is 20.0 Å². The summed E-state index contributed by atoms with van der Waals surface area (Å²) in [5, 5.41) is 24.2. The van der Waals surface area contributed by atoms with Gasteiger partial charge in [-0.1, -0.05) is 11.7 Å². The lowest BCUT2D eigenvalue weighted by Crippen LogP contribution is -2.43. The molecule has 0 bridgehead atoms. The van der Waals surface area contributed by atoms with Gasteiger partial charge in [0.05, 0.1) is 30.1 Å². The van der Waals surface area contributed by atoms with E-state index in [1.54, 1.807) is 0 Å². The first-order chi connectivity index (χ1) is 19.0. The number of nitrogens with one attached hydrogen (secondary N) is 2. The van der Waals surface area contributed by atoms with Crippen molar-refractivity contribution in [3.63, 3.8) is 0 Å². The third kappa shape index (κ3) is 4.84. The summed E-state index contributed by atoms with van der Waals surface area (Å²) >= 11 is 0. The summed E-state index contributed by atoms with van der Waals surface area (Å²) in [6.07, 6.45) is 4.21. The lowest BCUT2D eigenvalue weighted by atomic mass is 9.69. The number of benzene rings is 1. The average Bonchev–Trinajstić information content (AvgIpc) is 3.81. The van der Waals surface area contributed by atoms with Crippen molar-refractivity contribution in [2.45, 2.75) is 45.4 Å². The normalized spacial score (nSPS) is 20.6. The minimum Gasteiger partial charge on any atom is -0.493 e. The summed E-state index contributed by atoms with van der Waals surface area (Å²) < 4.78 is 49.5. The third-order valence-corrected chi connectivity index (χ3v) is 7.99. The van der Waals surface area contributed by atoms with Crippen LogP contribution in [-0.4, -0.2) is 34.1 Å². The lowest BCUT2D eigenvalue weighted by Gasteiger charge is -2.39. The molecule has 1 aromatic heterocycles. The van der Waals surface area contributed by atoms with Gasteiger partial charge < -0.3 is 26.4 Å². The zero-order valence-electron chi connectivity index (χ0n) is 22.2. The van der Waals surface area contributed by atoms with Crippen molar-refractivity contribution in [2.24, 2.45) is 28.1 Å². The number of aromatic nitrogens is 1. The van der Waals surface area contributed by atoms with Crippen molar-refractivity contribution < 1.29 is 27.9 Å². The van der Waals surface area contributed by atoms with Crippen LogP contribution in [0.1, 0.15) is 56.7 Å². The van der Waals surface area contributed by atoms with Crippen LogP contribution in [0.25, 0.3) is 5.57 Å². The van der Waals surface area contributed by atoms with Crippen LogP contribution in [0.15, 0.2) is 47.4 Å². The molecule has 1 aliphatic heterocycles. The Morgan fingerprint density at radius 3 is 2.45 bits per heavy atom. The molecule has 40 heavy (non-hydrogen) atoms. The molecule has 2 fully saturated rings. The first kappa shape index (κ1) is 27.4. The fraction of sp³-hybridized carbons (Fsp3) is 0.379. The number of anilines is 1. The third-order valence-electron chi connectivity index (χ3n) is 7.99. The smallest absolute Gasteiger partial charge is 0.234 e. The van der Waals surface area contributed by atoms with Gasteiger partial charge in [-0.15, -0.1) is 0 Å². The molecule has 1 spiro atoms. The Balaban J connectivity index is 1.56. The number of carbonyl (C=O) groups excluding carboxylic acids is 1. The molecule has 2 unspecified atom stereocenters. The van der Waals surface area contributed by atoms with Crippen LogP contribution in [0.5, 0.6) is 5.75 Å². The second-order valence-corrected chi connectivity index (χ2v) is 10.9. The van der Waals surface area contributed by atoms with Crippen molar-refractivity contribution in [1.29, 1.82) is 5.41 Å². The molecule has 11 heteroatoms. The minimum atomic E-state index is -1.17. The molecule has 1 amide bonds. The Bertz CT molecular complexity index is 1490. The van der Waals surface area contributed by atoms with E-state index in [0.717, 1.165) is 31.0 Å². The molecule has 0 saturated heterocycles. The summed E-state index contributed by atoms with van der Waals surface area (Å²) in [4.78, 5) is 18.1. The molecule has 3 aliphatic rings. The number of nitrogens with zero attached hydrogens (tertiary/aromatic N) is 2. The highest BCUT2D eigenvalue weighted by molar-refractivity contribution is 6.21. The van der Waals surface area contributed by atoms with Crippen molar-refractivity contribution in [3.8, 4) is 5.75 Å². The number of pyridine rings is 1. The Kier molecular flexibility index (Phi) is 6.93. The Morgan fingerprint density at radius 2 is 1.90 bits per heavy atom. The van der Waals surface area contributed by atoms with E-state index in [0.29, 0.717) is 24.0 Å². The first-order valence-corrected chi connectivity index (χ1v) is 13.0. The summed E-state index contributed by atoms with van der Waals surface area (Å²) in [6.45, 7) is 7.25. The van der Waals surface area contributed by atoms with Crippen molar-refractivity contribution in [1.82, 2.24) is 4.98 Å². The number of hydrogen-bond donors (Lipinski definition) is 4. The Morgan fingerprint density at radius 1 is 1.23 bits per heavy atom. The van der Waals surface area contributed by atoms with Crippen molar-refractivity contribution in [3.05, 3.63) is 71.0 Å². The van der Waals surface area contributed by atoms with Gasteiger partial charge in [-0.3, -0.25) is 9.78 Å². The summed E-state index contributed by atoms with van der Waals surface area (Å²) in [6, 6.07) is 3.05. The van der Waals surface area contributed by atoms with Crippen LogP contribution in [-0.2, 0) is 4.79 Å². The van der Waals surface area contributed by atoms with E-state index in [2.05, 4.69) is 22.0 Å². The number of fused-ring (bicyclic) bond motifs is 1. The number of amides is 1. The van der Waals surface area contributed by atoms with Crippen LogP contribution >= 0.6 is 0 Å². The van der Waals surface area contributed by atoms with Crippen LogP contribution in [0.4, 0.5) is 18.9 Å². The lowest BCUT2D eigenvalue weighted by molar-refractivity contribution is -0.119. The molecule has 0 radical (unpaired) electrons.